The number of hydrogen-bond acceptors (Lipinski definition) is 2. The van der Waals surface area contributed by atoms with Gasteiger partial charge in [-0.1, -0.05) is 12.1 Å². The van der Waals surface area contributed by atoms with Crippen molar-refractivity contribution in [2.24, 2.45) is 29.6 Å². The van der Waals surface area contributed by atoms with Crippen molar-refractivity contribution in [3.05, 3.63) is 30.1 Å². The van der Waals surface area contributed by atoms with Crippen LogP contribution in [0.5, 0.6) is 0 Å². The minimum atomic E-state index is 0.286. The molecule has 4 nitrogen and oxygen atoms in total. The molecule has 2 aromatic rings. The molecule has 1 aromatic carbocycles. The molecule has 1 aromatic heterocycles. The Balaban J connectivity index is 1.24. The zero-order valence-electron chi connectivity index (χ0n) is 14.9. The van der Waals surface area contributed by atoms with Gasteiger partial charge in [-0.3, -0.25) is 4.79 Å². The maximum absolute atomic E-state index is 12.9. The van der Waals surface area contributed by atoms with E-state index in [1.165, 1.54) is 32.1 Å². The minimum Gasteiger partial charge on any atom is -0.354 e. The number of carbonyl (C=O) groups excluding carboxylic acids is 1. The molecule has 0 radical (unpaired) electrons. The number of amides is 1. The van der Waals surface area contributed by atoms with Crippen LogP contribution in [-0.4, -0.2) is 22.0 Å². The molecule has 0 unspecified atom stereocenters. The van der Waals surface area contributed by atoms with E-state index < -0.39 is 0 Å². The van der Waals surface area contributed by atoms with E-state index in [2.05, 4.69) is 20.9 Å². The second-order valence-electron chi connectivity index (χ2n) is 8.55. The van der Waals surface area contributed by atoms with Crippen LogP contribution < -0.4 is 5.32 Å². The lowest BCUT2D eigenvalue weighted by Crippen LogP contribution is -2.51. The Hall–Kier alpha value is -1.84. The molecule has 4 aliphatic carbocycles. The van der Waals surface area contributed by atoms with Crippen LogP contribution >= 0.6 is 0 Å². The molecule has 0 atom stereocenters. The van der Waals surface area contributed by atoms with E-state index in [1.54, 1.807) is 0 Å². The first-order chi connectivity index (χ1) is 12.2. The van der Waals surface area contributed by atoms with Gasteiger partial charge >= 0.3 is 0 Å². The predicted octanol–water partition coefficient (Wildman–Crippen LogP) is 3.53. The number of fused-ring (bicyclic) bond motifs is 1. The summed E-state index contributed by atoms with van der Waals surface area (Å²) >= 11 is 0. The zero-order valence-corrected chi connectivity index (χ0v) is 14.9. The molecule has 0 aliphatic heterocycles. The summed E-state index contributed by atoms with van der Waals surface area (Å²) in [6, 6.07) is 8.22. The molecule has 1 N–H and O–H groups in total. The van der Waals surface area contributed by atoms with Crippen molar-refractivity contribution < 1.29 is 4.79 Å². The van der Waals surface area contributed by atoms with E-state index >= 15 is 0 Å². The molecule has 0 saturated heterocycles. The summed E-state index contributed by atoms with van der Waals surface area (Å²) in [6.45, 7) is 3.54. The summed E-state index contributed by atoms with van der Waals surface area (Å²) in [5.74, 6) is 4.78. The van der Waals surface area contributed by atoms with E-state index in [9.17, 15) is 4.79 Å². The Morgan fingerprint density at radius 3 is 2.52 bits per heavy atom. The lowest BCUT2D eigenvalue weighted by Gasteiger charge is -2.53. The molecule has 4 saturated carbocycles. The minimum absolute atomic E-state index is 0.286. The van der Waals surface area contributed by atoms with Crippen molar-refractivity contribution in [3.63, 3.8) is 0 Å². The second kappa shape index (κ2) is 5.86. The summed E-state index contributed by atoms with van der Waals surface area (Å²) in [7, 11) is 0. The van der Waals surface area contributed by atoms with Gasteiger partial charge in [0.2, 0.25) is 5.91 Å². The predicted molar refractivity (Wildman–Crippen MR) is 98.0 cm³/mol. The molecule has 1 amide bonds. The summed E-state index contributed by atoms with van der Waals surface area (Å²) < 4.78 is 2.21. The Kier molecular flexibility index (Phi) is 3.61. The standard InChI is InChI=1S/C21H27N3O/c1-13-23-18-4-2-3-5-19(18)24(13)7-6-22-21(25)20-16-9-14-8-15(11-16)12-17(20)10-14/h2-5,14-17,20H,6-12H2,1H3,(H,22,25). The molecule has 25 heavy (non-hydrogen) atoms. The normalized spacial score (nSPS) is 33.1. The van der Waals surface area contributed by atoms with Crippen LogP contribution in [0.3, 0.4) is 0 Å². The summed E-state index contributed by atoms with van der Waals surface area (Å²) in [5, 5.41) is 3.25. The van der Waals surface area contributed by atoms with Gasteiger partial charge in [0.25, 0.3) is 0 Å². The van der Waals surface area contributed by atoms with E-state index in [-0.39, 0.29) is 5.92 Å². The van der Waals surface area contributed by atoms with Crippen LogP contribution in [0.15, 0.2) is 24.3 Å². The zero-order chi connectivity index (χ0) is 17.0. The third-order valence-corrected chi connectivity index (χ3v) is 7.01. The lowest BCUT2D eigenvalue weighted by molar-refractivity contribution is -0.138. The highest BCUT2D eigenvalue weighted by atomic mass is 16.1. The SMILES string of the molecule is Cc1nc2ccccc2n1CCNC(=O)C1C2CC3CC(C2)CC1C3. The summed E-state index contributed by atoms with van der Waals surface area (Å²) in [5.41, 5.74) is 2.19. The fourth-order valence-electron chi connectivity index (χ4n) is 6.24. The maximum Gasteiger partial charge on any atom is 0.223 e. The third kappa shape index (κ3) is 2.57. The number of rotatable bonds is 4. The highest BCUT2D eigenvalue weighted by Crippen LogP contribution is 2.56. The van der Waals surface area contributed by atoms with Gasteiger partial charge in [-0.25, -0.2) is 4.98 Å². The van der Waals surface area contributed by atoms with Crippen molar-refractivity contribution in [1.29, 1.82) is 0 Å². The number of aryl methyl sites for hydroxylation is 1. The van der Waals surface area contributed by atoms with Crippen molar-refractivity contribution >= 4 is 16.9 Å². The summed E-state index contributed by atoms with van der Waals surface area (Å²) in [4.78, 5) is 17.5. The van der Waals surface area contributed by atoms with Crippen LogP contribution in [0.2, 0.25) is 0 Å². The Labute approximate surface area is 149 Å². The average molecular weight is 337 g/mol. The Morgan fingerprint density at radius 1 is 1.12 bits per heavy atom. The lowest BCUT2D eigenvalue weighted by atomic mass is 9.51. The van der Waals surface area contributed by atoms with Crippen molar-refractivity contribution in [2.75, 3.05) is 6.54 Å². The van der Waals surface area contributed by atoms with Gasteiger partial charge in [0.05, 0.1) is 11.0 Å². The van der Waals surface area contributed by atoms with Gasteiger partial charge in [0, 0.05) is 19.0 Å². The molecule has 1 heterocycles. The summed E-state index contributed by atoms with van der Waals surface area (Å²) in [6.07, 6.45) is 6.65. The average Bonchev–Trinajstić information content (AvgIpc) is 2.90. The quantitative estimate of drug-likeness (QED) is 0.928. The van der Waals surface area contributed by atoms with Crippen LogP contribution in [0.25, 0.3) is 11.0 Å². The first-order valence-electron chi connectivity index (χ1n) is 9.88. The number of para-hydroxylation sites is 2. The Bertz CT molecular complexity index is 781. The van der Waals surface area contributed by atoms with E-state index in [0.29, 0.717) is 24.3 Å². The monoisotopic (exact) mass is 337 g/mol. The largest absolute Gasteiger partial charge is 0.354 e. The Morgan fingerprint density at radius 2 is 1.80 bits per heavy atom. The highest BCUT2D eigenvalue weighted by Gasteiger charge is 2.50. The molecule has 6 rings (SSSR count). The molecule has 0 spiro atoms. The molecule has 4 aliphatic rings. The molecule has 4 heteroatoms. The van der Waals surface area contributed by atoms with Crippen LogP contribution in [0.4, 0.5) is 0 Å². The van der Waals surface area contributed by atoms with Crippen molar-refractivity contribution in [3.8, 4) is 0 Å². The maximum atomic E-state index is 12.9. The fraction of sp³-hybridized carbons (Fsp3) is 0.619. The van der Waals surface area contributed by atoms with Gasteiger partial charge in [0.1, 0.15) is 5.82 Å². The first-order valence-corrected chi connectivity index (χ1v) is 9.88. The highest BCUT2D eigenvalue weighted by molar-refractivity contribution is 5.80. The fourth-order valence-corrected chi connectivity index (χ4v) is 6.24. The molecule has 132 valence electrons. The number of carbonyl (C=O) groups is 1. The topological polar surface area (TPSA) is 46.9 Å². The molecule has 4 fully saturated rings. The number of hydrogen-bond donors (Lipinski definition) is 1. The van der Waals surface area contributed by atoms with Gasteiger partial charge < -0.3 is 9.88 Å². The van der Waals surface area contributed by atoms with Crippen molar-refractivity contribution in [2.45, 2.75) is 45.6 Å². The van der Waals surface area contributed by atoms with Gasteiger partial charge in [-0.05, 0) is 74.8 Å². The van der Waals surface area contributed by atoms with Gasteiger partial charge in [-0.2, -0.15) is 0 Å². The number of imidazole rings is 1. The molecule has 4 bridgehead atoms. The smallest absolute Gasteiger partial charge is 0.223 e. The van der Waals surface area contributed by atoms with E-state index in [1.807, 2.05) is 25.1 Å². The van der Waals surface area contributed by atoms with Gasteiger partial charge in [0.15, 0.2) is 0 Å². The number of benzene rings is 1. The number of nitrogens with zero attached hydrogens (tertiary/aromatic N) is 2. The third-order valence-electron chi connectivity index (χ3n) is 7.01. The second-order valence-corrected chi connectivity index (χ2v) is 8.55. The van der Waals surface area contributed by atoms with Crippen LogP contribution in [0.1, 0.15) is 37.9 Å². The molecular weight excluding hydrogens is 310 g/mol. The first kappa shape index (κ1) is 15.4. The van der Waals surface area contributed by atoms with E-state index in [4.69, 9.17) is 0 Å². The van der Waals surface area contributed by atoms with Crippen LogP contribution in [-0.2, 0) is 11.3 Å². The van der Waals surface area contributed by atoms with Crippen molar-refractivity contribution in [1.82, 2.24) is 14.9 Å². The number of nitrogens with one attached hydrogen (secondary N) is 1. The molecular formula is C21H27N3O. The van der Waals surface area contributed by atoms with E-state index in [0.717, 1.165) is 35.2 Å². The van der Waals surface area contributed by atoms with Gasteiger partial charge in [-0.15, -0.1) is 0 Å². The number of aromatic nitrogens is 2. The van der Waals surface area contributed by atoms with Crippen LogP contribution in [0, 0.1) is 36.5 Å².